The monoisotopic (exact) mass is 367 g/mol. The maximum atomic E-state index is 12.3. The fraction of sp³-hybridized carbons (Fsp3) is 0.400. The van der Waals surface area contributed by atoms with Crippen LogP contribution in [0.15, 0.2) is 33.5 Å². The number of hydrogen-bond donors (Lipinski definition) is 2. The second kappa shape index (κ2) is 7.17. The molecule has 0 aromatic carbocycles. The lowest BCUT2D eigenvalue weighted by molar-refractivity contribution is -0.116. The number of rotatable bonds is 4. The van der Waals surface area contributed by atoms with Gasteiger partial charge in [-0.2, -0.15) is 5.10 Å². The summed E-state index contributed by atoms with van der Waals surface area (Å²) in [6.07, 6.45) is 3.45. The number of carbonyl (C=O) groups is 1. The van der Waals surface area contributed by atoms with E-state index >= 15 is 0 Å². The van der Waals surface area contributed by atoms with Crippen molar-refractivity contribution in [2.45, 2.75) is 20.4 Å². The molecule has 2 aromatic rings. The molecule has 2 aromatic heterocycles. The molecule has 2 aliphatic heterocycles. The van der Waals surface area contributed by atoms with Crippen LogP contribution in [0, 0.1) is 13.8 Å². The number of nitrogens with zero attached hydrogens (tertiary/aromatic N) is 3. The Hall–Kier alpha value is -2.64. The first kappa shape index (κ1) is 17.8. The van der Waals surface area contributed by atoms with Crippen LogP contribution in [0.25, 0.3) is 6.08 Å². The maximum absolute atomic E-state index is 12.3. The number of carbonyl (C=O) groups excluding carboxylic acids is 1. The number of aromatic nitrogens is 1. The second-order valence-electron chi connectivity index (χ2n) is 7.28. The lowest BCUT2D eigenvalue weighted by Gasteiger charge is -2.32. The smallest absolute Gasteiger partial charge is 0.273 e. The highest BCUT2D eigenvalue weighted by Gasteiger charge is 2.27. The lowest BCUT2D eigenvalue weighted by atomic mass is 10.0. The van der Waals surface area contributed by atoms with Gasteiger partial charge < -0.3 is 14.3 Å². The van der Waals surface area contributed by atoms with Crippen LogP contribution in [-0.4, -0.2) is 59.6 Å². The summed E-state index contributed by atoms with van der Waals surface area (Å²) in [6, 6.07) is 3.59. The van der Waals surface area contributed by atoms with Gasteiger partial charge in [-0.1, -0.05) is 0 Å². The average Bonchev–Trinajstić information content (AvgIpc) is 3.35. The molecule has 2 N–H and O–H groups in total. The Balaban J connectivity index is 1.60. The van der Waals surface area contributed by atoms with Crippen LogP contribution < -0.4 is 5.43 Å². The van der Waals surface area contributed by atoms with E-state index in [2.05, 4.69) is 46.2 Å². The van der Waals surface area contributed by atoms with Crippen molar-refractivity contribution in [1.82, 2.24) is 20.2 Å². The van der Waals surface area contributed by atoms with Crippen molar-refractivity contribution in [3.63, 3.8) is 0 Å². The molecule has 1 amide bonds. The van der Waals surface area contributed by atoms with Crippen LogP contribution in [0.4, 0.5) is 0 Å². The molecule has 0 aliphatic carbocycles. The third kappa shape index (κ3) is 3.48. The van der Waals surface area contributed by atoms with E-state index in [9.17, 15) is 4.79 Å². The Morgan fingerprint density at radius 2 is 2.04 bits per heavy atom. The number of hydrazone groups is 1. The molecular formula is C20H25N5O2. The molecule has 0 unspecified atom stereocenters. The van der Waals surface area contributed by atoms with Crippen molar-refractivity contribution in [1.29, 1.82) is 0 Å². The predicted molar refractivity (Wildman–Crippen MR) is 104 cm³/mol. The van der Waals surface area contributed by atoms with Crippen molar-refractivity contribution in [2.75, 3.05) is 33.2 Å². The number of H-pyrrole nitrogens is 1. The number of hydrogen-bond acceptors (Lipinski definition) is 5. The van der Waals surface area contributed by atoms with E-state index < -0.39 is 0 Å². The molecule has 142 valence electrons. The van der Waals surface area contributed by atoms with Gasteiger partial charge in [0.1, 0.15) is 5.71 Å². The first-order chi connectivity index (χ1) is 13.0. The van der Waals surface area contributed by atoms with Crippen LogP contribution in [0.3, 0.4) is 0 Å². The molecule has 0 saturated carbocycles. The molecule has 1 fully saturated rings. The van der Waals surface area contributed by atoms with Gasteiger partial charge in [0.05, 0.1) is 11.8 Å². The van der Waals surface area contributed by atoms with E-state index in [1.165, 1.54) is 11.1 Å². The molecule has 2 aliphatic rings. The van der Waals surface area contributed by atoms with Crippen molar-refractivity contribution < 1.29 is 9.21 Å². The Morgan fingerprint density at radius 1 is 1.26 bits per heavy atom. The van der Waals surface area contributed by atoms with Crippen LogP contribution in [0.5, 0.6) is 0 Å². The van der Waals surface area contributed by atoms with Gasteiger partial charge in [-0.25, -0.2) is 5.43 Å². The second-order valence-corrected chi connectivity index (χ2v) is 7.28. The minimum absolute atomic E-state index is 0.214. The summed E-state index contributed by atoms with van der Waals surface area (Å²) >= 11 is 0. The number of amides is 1. The number of piperazine rings is 1. The van der Waals surface area contributed by atoms with E-state index in [0.29, 0.717) is 17.0 Å². The van der Waals surface area contributed by atoms with Crippen molar-refractivity contribution in [3.8, 4) is 0 Å². The Labute approximate surface area is 158 Å². The lowest BCUT2D eigenvalue weighted by Crippen LogP contribution is -2.44. The third-order valence-corrected chi connectivity index (χ3v) is 5.42. The fourth-order valence-electron chi connectivity index (χ4n) is 3.64. The summed E-state index contributed by atoms with van der Waals surface area (Å²) in [5.41, 5.74) is 8.16. The molecule has 4 rings (SSSR count). The van der Waals surface area contributed by atoms with Gasteiger partial charge in [0, 0.05) is 44.1 Å². The van der Waals surface area contributed by atoms with Gasteiger partial charge in [-0.05, 0) is 50.2 Å². The normalized spacial score (nSPS) is 20.3. The van der Waals surface area contributed by atoms with E-state index in [-0.39, 0.29) is 5.91 Å². The van der Waals surface area contributed by atoms with E-state index in [4.69, 9.17) is 4.42 Å². The van der Waals surface area contributed by atoms with Gasteiger partial charge in [0.25, 0.3) is 5.91 Å². The van der Waals surface area contributed by atoms with E-state index in [0.717, 1.165) is 44.1 Å². The van der Waals surface area contributed by atoms with Gasteiger partial charge in [0.15, 0.2) is 5.76 Å². The standard InChI is InChI=1S/C20H25N5O2/c1-13-16(12-25-8-6-24(3)7-9-25)14(2)21-17(13)11-15-19(22-23-20(15)26)18-5-4-10-27-18/h4-5,10-11,21H,6-9,12H2,1-3H3,(H,23,26). The van der Waals surface area contributed by atoms with Crippen LogP contribution in [0.2, 0.25) is 0 Å². The van der Waals surface area contributed by atoms with Gasteiger partial charge >= 0.3 is 0 Å². The largest absolute Gasteiger partial charge is 0.463 e. The number of aryl methyl sites for hydroxylation is 1. The van der Waals surface area contributed by atoms with Gasteiger partial charge in [-0.15, -0.1) is 0 Å². The number of aromatic amines is 1. The first-order valence-electron chi connectivity index (χ1n) is 9.26. The molecule has 7 nitrogen and oxygen atoms in total. The van der Waals surface area contributed by atoms with Crippen LogP contribution in [-0.2, 0) is 11.3 Å². The zero-order valence-corrected chi connectivity index (χ0v) is 16.0. The molecule has 27 heavy (non-hydrogen) atoms. The summed E-state index contributed by atoms with van der Waals surface area (Å²) in [5.74, 6) is 0.367. The summed E-state index contributed by atoms with van der Waals surface area (Å²) in [6.45, 7) is 9.49. The van der Waals surface area contributed by atoms with Crippen molar-refractivity contribution in [3.05, 3.63) is 52.2 Å². The van der Waals surface area contributed by atoms with E-state index in [1.807, 2.05) is 6.08 Å². The van der Waals surface area contributed by atoms with Crippen LogP contribution >= 0.6 is 0 Å². The molecule has 1 saturated heterocycles. The quantitative estimate of drug-likeness (QED) is 0.809. The molecular weight excluding hydrogens is 342 g/mol. The number of likely N-dealkylation sites (N-methyl/N-ethyl adjacent to an activating group) is 1. The topological polar surface area (TPSA) is 76.9 Å². The third-order valence-electron chi connectivity index (χ3n) is 5.42. The minimum Gasteiger partial charge on any atom is -0.463 e. The highest BCUT2D eigenvalue weighted by Crippen LogP contribution is 2.24. The molecule has 0 spiro atoms. The summed E-state index contributed by atoms with van der Waals surface area (Å²) < 4.78 is 5.42. The molecule has 0 radical (unpaired) electrons. The van der Waals surface area contributed by atoms with Crippen molar-refractivity contribution >= 4 is 17.7 Å². The SMILES string of the molecule is Cc1[nH]c(C=C2C(=O)NN=C2c2ccco2)c(C)c1CN1CCN(C)CC1. The minimum atomic E-state index is -0.214. The molecule has 0 atom stereocenters. The zero-order valence-electron chi connectivity index (χ0n) is 16.0. The molecule has 4 heterocycles. The Bertz CT molecular complexity index is 899. The highest BCUT2D eigenvalue weighted by atomic mass is 16.3. The average molecular weight is 367 g/mol. The Kier molecular flexibility index (Phi) is 4.72. The Morgan fingerprint density at radius 3 is 2.74 bits per heavy atom. The number of nitrogens with one attached hydrogen (secondary N) is 2. The summed E-state index contributed by atoms with van der Waals surface area (Å²) in [5, 5.41) is 4.12. The summed E-state index contributed by atoms with van der Waals surface area (Å²) in [4.78, 5) is 20.6. The summed E-state index contributed by atoms with van der Waals surface area (Å²) in [7, 11) is 2.17. The van der Waals surface area contributed by atoms with Crippen molar-refractivity contribution in [2.24, 2.45) is 5.10 Å². The van der Waals surface area contributed by atoms with Gasteiger partial charge in [0.2, 0.25) is 0 Å². The maximum Gasteiger partial charge on any atom is 0.273 e. The first-order valence-corrected chi connectivity index (χ1v) is 9.26. The highest BCUT2D eigenvalue weighted by molar-refractivity contribution is 6.32. The zero-order chi connectivity index (χ0) is 19.0. The molecule has 0 bridgehead atoms. The van der Waals surface area contributed by atoms with Crippen LogP contribution in [0.1, 0.15) is 28.3 Å². The number of furan rings is 1. The van der Waals surface area contributed by atoms with Gasteiger partial charge in [-0.3, -0.25) is 9.69 Å². The van der Waals surface area contributed by atoms with E-state index in [1.54, 1.807) is 18.4 Å². The fourth-order valence-corrected chi connectivity index (χ4v) is 3.64. The predicted octanol–water partition coefficient (Wildman–Crippen LogP) is 1.89. The molecule has 7 heteroatoms.